The molecule has 3 N–H and O–H groups in total. The van der Waals surface area contributed by atoms with Crippen molar-refractivity contribution in [2.24, 2.45) is 0 Å². The third kappa shape index (κ3) is 7.35. The molecule has 3 atom stereocenters. The summed E-state index contributed by atoms with van der Waals surface area (Å²) in [6, 6.07) is 32.2. The third-order valence-electron chi connectivity index (χ3n) is 11.6. The normalized spacial score (nSPS) is 21.7. The summed E-state index contributed by atoms with van der Waals surface area (Å²) in [5.41, 5.74) is 7.72. The Morgan fingerprint density at radius 2 is 1.28 bits per heavy atom. The van der Waals surface area contributed by atoms with Crippen LogP contribution in [-0.2, 0) is 16.0 Å². The maximum Gasteiger partial charge on any atom is 0.320 e. The molecular weight excluding hydrogens is 681 g/mol. The minimum Gasteiger partial charge on any atom is -0.508 e. The van der Waals surface area contributed by atoms with E-state index in [4.69, 9.17) is 0 Å². The molecule has 4 aromatic carbocycles. The molecule has 11 nitrogen and oxygen atoms in total. The number of anilines is 2. The van der Waals surface area contributed by atoms with Crippen LogP contribution in [0.4, 0.5) is 16.2 Å². The van der Waals surface area contributed by atoms with Crippen LogP contribution < -0.4 is 20.4 Å². The summed E-state index contributed by atoms with van der Waals surface area (Å²) in [7, 11) is 0. The quantitative estimate of drug-likeness (QED) is 0.243. The molecule has 1 unspecified atom stereocenters. The number of carbonyl (C=O) groups is 4. The second-order valence-electron chi connectivity index (χ2n) is 14.8. The van der Waals surface area contributed by atoms with Gasteiger partial charge in [-0.2, -0.15) is 0 Å². The molecule has 8 rings (SSSR count). The molecule has 54 heavy (non-hydrogen) atoms. The van der Waals surface area contributed by atoms with Crippen LogP contribution in [0.15, 0.2) is 97.1 Å². The lowest BCUT2D eigenvalue weighted by atomic mass is 9.69. The van der Waals surface area contributed by atoms with Gasteiger partial charge >= 0.3 is 6.03 Å². The Morgan fingerprint density at radius 1 is 0.667 bits per heavy atom. The van der Waals surface area contributed by atoms with Gasteiger partial charge in [0.2, 0.25) is 11.8 Å². The minimum absolute atomic E-state index is 0.0825. The molecule has 3 saturated heterocycles. The number of phenols is 1. The highest BCUT2D eigenvalue weighted by atomic mass is 16.3. The van der Waals surface area contributed by atoms with E-state index in [1.165, 1.54) is 22.3 Å². The lowest BCUT2D eigenvalue weighted by molar-refractivity contribution is -0.134. The number of imide groups is 1. The van der Waals surface area contributed by atoms with Crippen molar-refractivity contribution in [1.82, 2.24) is 20.4 Å². The fourth-order valence-electron chi connectivity index (χ4n) is 8.58. The molecule has 3 heterocycles. The monoisotopic (exact) mass is 726 g/mol. The number of phenolic OH excluding ortho intramolecular Hbond substituents is 1. The number of piperidine rings is 1. The molecular formula is C43H46N6O5. The van der Waals surface area contributed by atoms with E-state index >= 15 is 0 Å². The molecule has 11 heteroatoms. The number of hydrogen-bond acceptors (Lipinski definition) is 7. The number of benzene rings is 4. The molecule has 4 aromatic rings. The number of aromatic hydroxyl groups is 1. The van der Waals surface area contributed by atoms with Gasteiger partial charge in [0.15, 0.2) is 0 Å². The summed E-state index contributed by atoms with van der Waals surface area (Å²) in [6.07, 6.45) is 2.47. The van der Waals surface area contributed by atoms with Crippen molar-refractivity contribution in [2.45, 2.75) is 43.6 Å². The molecule has 278 valence electrons. The first kappa shape index (κ1) is 35.2. The molecule has 0 radical (unpaired) electrons. The SMILES string of the molecule is O=C1CCC(NC(=O)c2ccc(N3CCN(C(=O)N4CCN(c5ccc([C@@H]6c7ccc(O)cc7CC[C@@H]6c6ccccc6)cc5)CC4)CC3)cc2)C(=O)N1. The number of carbonyl (C=O) groups excluding carboxylic acids is 4. The van der Waals surface area contributed by atoms with Gasteiger partial charge in [-0.05, 0) is 96.0 Å². The molecule has 0 spiro atoms. The fourth-order valence-corrected chi connectivity index (χ4v) is 8.58. The second kappa shape index (κ2) is 15.3. The summed E-state index contributed by atoms with van der Waals surface area (Å²) in [5, 5.41) is 15.2. The van der Waals surface area contributed by atoms with Crippen LogP contribution in [0.2, 0.25) is 0 Å². The van der Waals surface area contributed by atoms with E-state index in [0.29, 0.717) is 62.9 Å². The fraction of sp³-hybridized carbons (Fsp3) is 0.349. The van der Waals surface area contributed by atoms with Crippen molar-refractivity contribution in [3.05, 3.63) is 125 Å². The Labute approximate surface area is 315 Å². The van der Waals surface area contributed by atoms with Gasteiger partial charge in [0, 0.05) is 81.6 Å². The number of nitrogens with zero attached hydrogens (tertiary/aromatic N) is 4. The van der Waals surface area contributed by atoms with Crippen LogP contribution >= 0.6 is 0 Å². The highest BCUT2D eigenvalue weighted by molar-refractivity contribution is 6.03. The van der Waals surface area contributed by atoms with Crippen molar-refractivity contribution < 1.29 is 24.3 Å². The summed E-state index contributed by atoms with van der Waals surface area (Å²) < 4.78 is 0. The smallest absolute Gasteiger partial charge is 0.320 e. The largest absolute Gasteiger partial charge is 0.508 e. The number of hydrogen-bond donors (Lipinski definition) is 3. The average Bonchev–Trinajstić information content (AvgIpc) is 3.21. The molecule has 4 aliphatic rings. The van der Waals surface area contributed by atoms with Crippen LogP contribution in [0.3, 0.4) is 0 Å². The maximum absolute atomic E-state index is 13.6. The minimum atomic E-state index is -0.716. The van der Waals surface area contributed by atoms with Crippen molar-refractivity contribution in [2.75, 3.05) is 62.2 Å². The Kier molecular flexibility index (Phi) is 9.95. The van der Waals surface area contributed by atoms with E-state index in [2.05, 4.69) is 81.1 Å². The Bertz CT molecular complexity index is 2000. The number of fused-ring (bicyclic) bond motifs is 1. The predicted molar refractivity (Wildman–Crippen MR) is 207 cm³/mol. The first-order chi connectivity index (χ1) is 26.3. The molecule has 0 bridgehead atoms. The lowest BCUT2D eigenvalue weighted by Crippen LogP contribution is -2.57. The highest BCUT2D eigenvalue weighted by Crippen LogP contribution is 2.47. The highest BCUT2D eigenvalue weighted by Gasteiger charge is 2.33. The second-order valence-corrected chi connectivity index (χ2v) is 14.8. The first-order valence-electron chi connectivity index (χ1n) is 19.1. The molecule has 0 aromatic heterocycles. The standard InChI is InChI=1S/C43H46N6O5/c50-35-15-17-37-32(28-35)10-16-36(29-4-2-1-3-5-29)40(37)30-6-11-33(12-7-30)46-20-24-48(25-21-46)43(54)49-26-22-47(23-27-49)34-13-8-31(9-14-34)41(52)44-38-18-19-39(51)45-42(38)53/h1-9,11-15,17,28,36,38,40,50H,10,16,18-27H2,(H,44,52)(H,45,51,53)/t36-,38?,40+/m1/s1. The van der Waals surface area contributed by atoms with E-state index in [0.717, 1.165) is 37.3 Å². The van der Waals surface area contributed by atoms with E-state index < -0.39 is 11.9 Å². The summed E-state index contributed by atoms with van der Waals surface area (Å²) in [5.74, 6) is -0.258. The Balaban J connectivity index is 0.836. The molecule has 3 fully saturated rings. The van der Waals surface area contributed by atoms with Crippen molar-refractivity contribution in [3.8, 4) is 5.75 Å². The summed E-state index contributed by atoms with van der Waals surface area (Å²) >= 11 is 0. The van der Waals surface area contributed by atoms with Crippen molar-refractivity contribution in [3.63, 3.8) is 0 Å². The van der Waals surface area contributed by atoms with Crippen LogP contribution in [-0.4, -0.2) is 97.1 Å². The zero-order valence-corrected chi connectivity index (χ0v) is 30.3. The molecule has 5 amide bonds. The van der Waals surface area contributed by atoms with Gasteiger partial charge in [-0.3, -0.25) is 19.7 Å². The lowest BCUT2D eigenvalue weighted by Gasteiger charge is -2.41. The van der Waals surface area contributed by atoms with Gasteiger partial charge in [0.1, 0.15) is 11.8 Å². The molecule has 0 saturated carbocycles. The predicted octanol–water partition coefficient (Wildman–Crippen LogP) is 4.85. The number of nitrogens with one attached hydrogen (secondary N) is 2. The van der Waals surface area contributed by atoms with Crippen LogP contribution in [0, 0.1) is 0 Å². The van der Waals surface area contributed by atoms with Crippen LogP contribution in [0.25, 0.3) is 0 Å². The van der Waals surface area contributed by atoms with E-state index in [-0.39, 0.29) is 30.2 Å². The average molecular weight is 727 g/mol. The number of aryl methyl sites for hydroxylation is 1. The van der Waals surface area contributed by atoms with E-state index in [9.17, 15) is 24.3 Å². The van der Waals surface area contributed by atoms with Crippen molar-refractivity contribution >= 4 is 35.1 Å². The third-order valence-corrected chi connectivity index (χ3v) is 11.6. The zero-order chi connectivity index (χ0) is 37.2. The van der Waals surface area contributed by atoms with Crippen molar-refractivity contribution in [1.29, 1.82) is 0 Å². The van der Waals surface area contributed by atoms with Gasteiger partial charge < -0.3 is 30.0 Å². The van der Waals surface area contributed by atoms with Gasteiger partial charge in [0.05, 0.1) is 0 Å². The van der Waals surface area contributed by atoms with Crippen LogP contribution in [0.1, 0.15) is 63.7 Å². The van der Waals surface area contributed by atoms with Gasteiger partial charge in [-0.1, -0.05) is 48.5 Å². The topological polar surface area (TPSA) is 126 Å². The van der Waals surface area contributed by atoms with E-state index in [1.807, 2.05) is 34.1 Å². The number of rotatable bonds is 6. The number of amides is 5. The number of piperazine rings is 2. The Morgan fingerprint density at radius 3 is 1.89 bits per heavy atom. The molecule has 3 aliphatic heterocycles. The van der Waals surface area contributed by atoms with Gasteiger partial charge in [-0.25, -0.2) is 4.79 Å². The summed E-state index contributed by atoms with van der Waals surface area (Å²) in [6.45, 7) is 5.49. The molecule has 1 aliphatic carbocycles. The maximum atomic E-state index is 13.6. The van der Waals surface area contributed by atoms with Gasteiger partial charge in [-0.15, -0.1) is 0 Å². The zero-order valence-electron chi connectivity index (χ0n) is 30.3. The Hall–Kier alpha value is -5.84. The van der Waals surface area contributed by atoms with Crippen LogP contribution in [0.5, 0.6) is 5.75 Å². The first-order valence-corrected chi connectivity index (χ1v) is 19.1. The summed E-state index contributed by atoms with van der Waals surface area (Å²) in [4.78, 5) is 58.2. The van der Waals surface area contributed by atoms with E-state index in [1.54, 1.807) is 12.1 Å². The van der Waals surface area contributed by atoms with Gasteiger partial charge in [0.25, 0.3) is 5.91 Å². The number of urea groups is 1.